The molecule has 1 saturated heterocycles. The fourth-order valence-electron chi connectivity index (χ4n) is 2.18. The number of halogens is 2. The maximum Gasteiger partial charge on any atom is 0.0554 e. The molecule has 1 fully saturated rings. The molecule has 100 valence electrons. The normalized spacial score (nSPS) is 19.3. The molecule has 1 aliphatic heterocycles. The van der Waals surface area contributed by atoms with Crippen molar-refractivity contribution in [2.24, 2.45) is 5.41 Å². The molecule has 1 N–H and O–H groups in total. The van der Waals surface area contributed by atoms with Crippen molar-refractivity contribution in [2.45, 2.75) is 26.3 Å². The third-order valence-corrected chi connectivity index (χ3v) is 3.98. The van der Waals surface area contributed by atoms with E-state index in [1.807, 2.05) is 12.1 Å². The zero-order valence-corrected chi connectivity index (χ0v) is 12.3. The third kappa shape index (κ3) is 3.18. The van der Waals surface area contributed by atoms with Crippen molar-refractivity contribution >= 4 is 23.2 Å². The number of benzene rings is 1. The van der Waals surface area contributed by atoms with E-state index in [-0.39, 0.29) is 11.5 Å². The van der Waals surface area contributed by atoms with Gasteiger partial charge in [0.2, 0.25) is 0 Å². The van der Waals surface area contributed by atoms with Gasteiger partial charge in [0.15, 0.2) is 0 Å². The molecular weight excluding hydrogens is 269 g/mol. The topological polar surface area (TPSA) is 21.3 Å². The van der Waals surface area contributed by atoms with E-state index in [9.17, 15) is 0 Å². The van der Waals surface area contributed by atoms with Crippen LogP contribution < -0.4 is 5.32 Å². The van der Waals surface area contributed by atoms with Crippen molar-refractivity contribution in [1.29, 1.82) is 0 Å². The summed E-state index contributed by atoms with van der Waals surface area (Å²) in [5.74, 6) is 0. The summed E-state index contributed by atoms with van der Waals surface area (Å²) in [6, 6.07) is 5.97. The summed E-state index contributed by atoms with van der Waals surface area (Å²) >= 11 is 12.2. The molecule has 1 atom stereocenters. The summed E-state index contributed by atoms with van der Waals surface area (Å²) in [6.45, 7) is 7.02. The van der Waals surface area contributed by atoms with Crippen LogP contribution in [0.25, 0.3) is 0 Å². The average Bonchev–Trinajstić information content (AvgIpc) is 2.29. The number of hydrogen-bond acceptors (Lipinski definition) is 2. The predicted molar refractivity (Wildman–Crippen MR) is 76.4 cm³/mol. The standard InChI is InChI=1S/C14H19Cl2NO/c1-3-13(17-7-14(2)8-18-9-14)11-5-4-10(15)6-12(11)16/h4-6,13,17H,3,7-9H2,1-2H3. The van der Waals surface area contributed by atoms with E-state index in [1.165, 1.54) is 0 Å². The molecule has 0 saturated carbocycles. The Labute approximate surface area is 119 Å². The third-order valence-electron chi connectivity index (χ3n) is 3.42. The van der Waals surface area contributed by atoms with Gasteiger partial charge in [0.05, 0.1) is 13.2 Å². The van der Waals surface area contributed by atoms with E-state index in [2.05, 4.69) is 19.2 Å². The summed E-state index contributed by atoms with van der Waals surface area (Å²) in [7, 11) is 0. The quantitative estimate of drug-likeness (QED) is 0.881. The first-order valence-corrected chi connectivity index (χ1v) is 7.06. The Hall–Kier alpha value is -0.280. The smallest absolute Gasteiger partial charge is 0.0554 e. The molecule has 4 heteroatoms. The van der Waals surface area contributed by atoms with Crippen molar-refractivity contribution < 1.29 is 4.74 Å². The highest BCUT2D eigenvalue weighted by Crippen LogP contribution is 2.30. The Kier molecular flexibility index (Phi) is 4.54. The summed E-state index contributed by atoms with van der Waals surface area (Å²) < 4.78 is 5.27. The van der Waals surface area contributed by atoms with Gasteiger partial charge in [-0.25, -0.2) is 0 Å². The van der Waals surface area contributed by atoms with Crippen molar-refractivity contribution in [2.75, 3.05) is 19.8 Å². The molecule has 0 amide bonds. The molecule has 1 aromatic carbocycles. The number of nitrogens with one attached hydrogen (secondary N) is 1. The second-order valence-corrected chi connectivity index (χ2v) is 6.15. The molecule has 0 aromatic heterocycles. The SMILES string of the molecule is CCC(NCC1(C)COC1)c1ccc(Cl)cc1Cl. The zero-order chi connectivity index (χ0) is 13.2. The molecule has 18 heavy (non-hydrogen) atoms. The van der Waals surface area contributed by atoms with Crippen LogP contribution in [0.2, 0.25) is 10.0 Å². The maximum atomic E-state index is 6.25. The summed E-state index contributed by atoms with van der Waals surface area (Å²) in [6.07, 6.45) is 0.998. The van der Waals surface area contributed by atoms with Crippen LogP contribution in [0.1, 0.15) is 31.9 Å². The van der Waals surface area contributed by atoms with Crippen LogP contribution in [0.4, 0.5) is 0 Å². The molecule has 1 unspecified atom stereocenters. The first-order valence-electron chi connectivity index (χ1n) is 6.30. The molecule has 1 aliphatic rings. The first kappa shape index (κ1) is 14.1. The zero-order valence-electron chi connectivity index (χ0n) is 10.8. The van der Waals surface area contributed by atoms with Crippen LogP contribution in [0.3, 0.4) is 0 Å². The van der Waals surface area contributed by atoms with Gasteiger partial charge in [-0.3, -0.25) is 0 Å². The Morgan fingerprint density at radius 2 is 2.11 bits per heavy atom. The van der Waals surface area contributed by atoms with E-state index in [4.69, 9.17) is 27.9 Å². The van der Waals surface area contributed by atoms with E-state index < -0.39 is 0 Å². The minimum absolute atomic E-state index is 0.270. The molecule has 1 aromatic rings. The highest BCUT2D eigenvalue weighted by molar-refractivity contribution is 6.35. The highest BCUT2D eigenvalue weighted by atomic mass is 35.5. The van der Waals surface area contributed by atoms with Gasteiger partial charge >= 0.3 is 0 Å². The van der Waals surface area contributed by atoms with Crippen molar-refractivity contribution in [1.82, 2.24) is 5.32 Å². The van der Waals surface area contributed by atoms with Crippen molar-refractivity contribution in [3.05, 3.63) is 33.8 Å². The lowest BCUT2D eigenvalue weighted by Gasteiger charge is -2.39. The second kappa shape index (κ2) is 5.79. The number of rotatable bonds is 5. The highest BCUT2D eigenvalue weighted by Gasteiger charge is 2.33. The molecule has 2 rings (SSSR count). The van der Waals surface area contributed by atoms with Gasteiger partial charge in [-0.15, -0.1) is 0 Å². The van der Waals surface area contributed by atoms with Crippen LogP contribution in [0.15, 0.2) is 18.2 Å². The van der Waals surface area contributed by atoms with Crippen LogP contribution >= 0.6 is 23.2 Å². The minimum atomic E-state index is 0.270. The number of hydrogen-bond donors (Lipinski definition) is 1. The van der Waals surface area contributed by atoms with Crippen molar-refractivity contribution in [3.8, 4) is 0 Å². The molecular formula is C14H19Cl2NO. The van der Waals surface area contributed by atoms with Crippen LogP contribution in [0.5, 0.6) is 0 Å². The minimum Gasteiger partial charge on any atom is -0.380 e. The maximum absolute atomic E-state index is 6.25. The van der Waals surface area contributed by atoms with Gasteiger partial charge in [0, 0.05) is 28.0 Å². The van der Waals surface area contributed by atoms with Gasteiger partial charge in [-0.05, 0) is 24.1 Å². The van der Waals surface area contributed by atoms with Gasteiger partial charge < -0.3 is 10.1 Å². The number of ether oxygens (including phenoxy) is 1. The molecule has 0 spiro atoms. The molecule has 0 bridgehead atoms. The van der Waals surface area contributed by atoms with E-state index in [1.54, 1.807) is 6.07 Å². The Bertz CT molecular complexity index is 418. The van der Waals surface area contributed by atoms with Gasteiger partial charge in [0.25, 0.3) is 0 Å². The van der Waals surface area contributed by atoms with Crippen LogP contribution in [-0.2, 0) is 4.74 Å². The molecule has 0 aliphatic carbocycles. The first-order chi connectivity index (χ1) is 8.54. The van der Waals surface area contributed by atoms with E-state index in [0.717, 1.165) is 36.8 Å². The average molecular weight is 288 g/mol. The monoisotopic (exact) mass is 287 g/mol. The lowest BCUT2D eigenvalue weighted by molar-refractivity contribution is -0.100. The summed E-state index contributed by atoms with van der Waals surface area (Å²) in [4.78, 5) is 0. The second-order valence-electron chi connectivity index (χ2n) is 5.31. The molecule has 2 nitrogen and oxygen atoms in total. The Morgan fingerprint density at radius 1 is 1.39 bits per heavy atom. The summed E-state index contributed by atoms with van der Waals surface area (Å²) in [5, 5.41) is 4.99. The predicted octanol–water partition coefficient (Wildman–Crippen LogP) is 4.07. The molecule has 0 radical (unpaired) electrons. The molecule has 1 heterocycles. The van der Waals surface area contributed by atoms with Crippen molar-refractivity contribution in [3.63, 3.8) is 0 Å². The van der Waals surface area contributed by atoms with E-state index >= 15 is 0 Å². The van der Waals surface area contributed by atoms with Crippen LogP contribution in [0, 0.1) is 5.41 Å². The Morgan fingerprint density at radius 3 is 2.61 bits per heavy atom. The largest absolute Gasteiger partial charge is 0.380 e. The fraction of sp³-hybridized carbons (Fsp3) is 0.571. The fourth-order valence-corrected chi connectivity index (χ4v) is 2.72. The van der Waals surface area contributed by atoms with E-state index in [0.29, 0.717) is 5.02 Å². The summed E-state index contributed by atoms with van der Waals surface area (Å²) in [5.41, 5.74) is 1.39. The lowest BCUT2D eigenvalue weighted by Crippen LogP contribution is -2.48. The lowest BCUT2D eigenvalue weighted by atomic mass is 9.88. The van der Waals surface area contributed by atoms with Gasteiger partial charge in [0.1, 0.15) is 0 Å². The van der Waals surface area contributed by atoms with Gasteiger partial charge in [-0.1, -0.05) is 43.1 Å². The Balaban J connectivity index is 2.03. The van der Waals surface area contributed by atoms with Gasteiger partial charge in [-0.2, -0.15) is 0 Å². The van der Waals surface area contributed by atoms with Crippen LogP contribution in [-0.4, -0.2) is 19.8 Å².